The highest BCUT2D eigenvalue weighted by Crippen LogP contribution is 2.19. The van der Waals surface area contributed by atoms with Crippen molar-refractivity contribution in [1.29, 1.82) is 5.26 Å². The first kappa shape index (κ1) is 21.3. The van der Waals surface area contributed by atoms with E-state index in [0.29, 0.717) is 16.9 Å². The number of carbonyl (C=O) groups excluding carboxylic acids is 3. The van der Waals surface area contributed by atoms with Crippen molar-refractivity contribution in [3.05, 3.63) is 83.3 Å². The summed E-state index contributed by atoms with van der Waals surface area (Å²) in [6, 6.07) is 16.2. The number of ether oxygens (including phenoxy) is 1. The Morgan fingerprint density at radius 2 is 1.87 bits per heavy atom. The number of hydrogen-bond donors (Lipinski definition) is 2. The molecule has 1 heterocycles. The zero-order valence-electron chi connectivity index (χ0n) is 16.8. The average Bonchev–Trinajstić information content (AvgIpc) is 3.30. The molecule has 1 aromatic heterocycles. The predicted molar refractivity (Wildman–Crippen MR) is 113 cm³/mol. The zero-order valence-corrected chi connectivity index (χ0v) is 16.8. The predicted octanol–water partition coefficient (Wildman–Crippen LogP) is 3.90. The van der Waals surface area contributed by atoms with E-state index in [9.17, 15) is 14.4 Å². The molecule has 0 unspecified atom stereocenters. The number of nitrogens with zero attached hydrogens (tertiary/aromatic N) is 1. The Kier molecular flexibility index (Phi) is 6.48. The molecule has 31 heavy (non-hydrogen) atoms. The number of amides is 2. The van der Waals surface area contributed by atoms with Crippen LogP contribution in [0.1, 0.15) is 39.0 Å². The van der Waals surface area contributed by atoms with E-state index in [1.165, 1.54) is 31.4 Å². The largest absolute Gasteiger partial charge is 0.459 e. The molecule has 0 fully saturated rings. The van der Waals surface area contributed by atoms with Crippen LogP contribution in [-0.2, 0) is 9.53 Å². The maximum Gasteiger partial charge on any atom is 0.338 e. The summed E-state index contributed by atoms with van der Waals surface area (Å²) in [4.78, 5) is 37.1. The topological polar surface area (TPSA) is 121 Å². The summed E-state index contributed by atoms with van der Waals surface area (Å²) < 4.78 is 10.3. The Hall–Kier alpha value is -4.38. The van der Waals surface area contributed by atoms with Crippen molar-refractivity contribution in [1.82, 2.24) is 0 Å². The van der Waals surface area contributed by atoms with Crippen molar-refractivity contribution in [3.8, 4) is 6.07 Å². The van der Waals surface area contributed by atoms with Crippen LogP contribution in [0.2, 0.25) is 0 Å². The molecule has 0 bridgehead atoms. The molecule has 0 spiro atoms. The highest BCUT2D eigenvalue weighted by Gasteiger charge is 2.20. The highest BCUT2D eigenvalue weighted by molar-refractivity contribution is 6.03. The van der Waals surface area contributed by atoms with Crippen LogP contribution in [0.25, 0.3) is 0 Å². The van der Waals surface area contributed by atoms with Gasteiger partial charge < -0.3 is 19.8 Å². The molecule has 0 radical (unpaired) electrons. The van der Waals surface area contributed by atoms with Crippen LogP contribution in [0.15, 0.2) is 65.3 Å². The van der Waals surface area contributed by atoms with Crippen LogP contribution in [0.4, 0.5) is 11.4 Å². The summed E-state index contributed by atoms with van der Waals surface area (Å²) in [5.74, 6) is -1.58. The molecule has 156 valence electrons. The first-order valence-electron chi connectivity index (χ1n) is 9.35. The second kappa shape index (κ2) is 9.41. The van der Waals surface area contributed by atoms with Crippen molar-refractivity contribution >= 4 is 29.2 Å². The molecule has 2 amide bonds. The van der Waals surface area contributed by atoms with Gasteiger partial charge in [-0.25, -0.2) is 4.79 Å². The number of hydrogen-bond acceptors (Lipinski definition) is 6. The molecule has 0 aliphatic heterocycles. The van der Waals surface area contributed by atoms with Crippen molar-refractivity contribution < 1.29 is 23.5 Å². The summed E-state index contributed by atoms with van der Waals surface area (Å²) >= 11 is 0. The summed E-state index contributed by atoms with van der Waals surface area (Å²) in [6.07, 6.45) is 0.305. The molecule has 2 N–H and O–H groups in total. The van der Waals surface area contributed by atoms with E-state index >= 15 is 0 Å². The second-order valence-corrected chi connectivity index (χ2v) is 6.69. The Labute approximate surface area is 178 Å². The lowest BCUT2D eigenvalue weighted by Crippen LogP contribution is -2.30. The van der Waals surface area contributed by atoms with E-state index in [2.05, 4.69) is 10.6 Å². The third-order valence-electron chi connectivity index (χ3n) is 4.38. The van der Waals surface area contributed by atoms with Crippen LogP contribution >= 0.6 is 0 Å². The number of benzene rings is 2. The molecule has 3 aromatic rings. The lowest BCUT2D eigenvalue weighted by molar-refractivity contribution is -0.123. The zero-order chi connectivity index (χ0) is 22.4. The molecule has 0 aliphatic rings. The Morgan fingerprint density at radius 1 is 1.06 bits per heavy atom. The number of anilines is 2. The van der Waals surface area contributed by atoms with E-state index in [-0.39, 0.29) is 11.3 Å². The molecule has 1 atom stereocenters. The van der Waals surface area contributed by atoms with Gasteiger partial charge in [-0.1, -0.05) is 12.1 Å². The van der Waals surface area contributed by atoms with Crippen LogP contribution in [0.5, 0.6) is 0 Å². The van der Waals surface area contributed by atoms with E-state index in [0.717, 1.165) is 5.56 Å². The number of rotatable bonds is 6. The first-order valence-corrected chi connectivity index (χ1v) is 9.35. The number of nitrogens with one attached hydrogen (secondary N) is 2. The Balaban J connectivity index is 1.66. The fourth-order valence-electron chi connectivity index (χ4n) is 2.67. The quantitative estimate of drug-likeness (QED) is 0.587. The van der Waals surface area contributed by atoms with Crippen LogP contribution in [0.3, 0.4) is 0 Å². The van der Waals surface area contributed by atoms with E-state index < -0.39 is 23.9 Å². The van der Waals surface area contributed by atoms with Gasteiger partial charge in [0.25, 0.3) is 11.8 Å². The van der Waals surface area contributed by atoms with E-state index in [1.54, 1.807) is 43.3 Å². The molecular weight excluding hydrogens is 398 g/mol. The third-order valence-corrected chi connectivity index (χ3v) is 4.38. The molecule has 0 saturated heterocycles. The first-order chi connectivity index (χ1) is 14.9. The number of nitriles is 1. The van der Waals surface area contributed by atoms with E-state index in [1.807, 2.05) is 6.07 Å². The minimum Gasteiger partial charge on any atom is -0.459 e. The fourth-order valence-corrected chi connectivity index (χ4v) is 2.67. The number of aryl methyl sites for hydroxylation is 1. The lowest BCUT2D eigenvalue weighted by Gasteiger charge is -2.15. The van der Waals surface area contributed by atoms with Crippen molar-refractivity contribution in [3.63, 3.8) is 0 Å². The lowest BCUT2D eigenvalue weighted by atomic mass is 10.1. The van der Waals surface area contributed by atoms with Crippen LogP contribution in [-0.4, -0.2) is 23.9 Å². The molecule has 2 aromatic carbocycles. The molecule has 8 nitrogen and oxygen atoms in total. The smallest absolute Gasteiger partial charge is 0.338 e. The SMILES string of the molecule is Cc1ccc(C(=O)O[C@@H](C)C(=O)Nc2cccc(C#N)c2)cc1NC(=O)c1ccco1. The Bertz CT molecular complexity index is 1160. The fraction of sp³-hybridized carbons (Fsp3) is 0.130. The second-order valence-electron chi connectivity index (χ2n) is 6.69. The summed E-state index contributed by atoms with van der Waals surface area (Å²) in [7, 11) is 0. The average molecular weight is 417 g/mol. The molecule has 8 heteroatoms. The van der Waals surface area contributed by atoms with Gasteiger partial charge in [0.1, 0.15) is 0 Å². The summed E-state index contributed by atoms with van der Waals surface area (Å²) in [5.41, 5.74) is 2.14. The number of carbonyl (C=O) groups is 3. The van der Waals surface area contributed by atoms with Crippen molar-refractivity contribution in [2.45, 2.75) is 20.0 Å². The summed E-state index contributed by atoms with van der Waals surface area (Å²) in [5, 5.41) is 14.2. The number of furan rings is 1. The standard InChI is InChI=1S/C23H19N3O5/c1-14-8-9-17(12-19(14)26-22(28)20-7-4-10-30-20)23(29)31-15(2)21(27)25-18-6-3-5-16(11-18)13-24/h3-12,15H,1-2H3,(H,25,27)(H,26,28)/t15-/m0/s1. The van der Waals surface area contributed by atoms with E-state index in [4.69, 9.17) is 14.4 Å². The molecule has 3 rings (SSSR count). The third kappa shape index (κ3) is 5.36. The van der Waals surface area contributed by atoms with Gasteiger partial charge in [0.05, 0.1) is 23.5 Å². The van der Waals surface area contributed by atoms with Gasteiger partial charge in [-0.2, -0.15) is 5.26 Å². The van der Waals surface area contributed by atoms with Crippen LogP contribution in [0, 0.1) is 18.3 Å². The Morgan fingerprint density at radius 3 is 2.58 bits per heavy atom. The highest BCUT2D eigenvalue weighted by atomic mass is 16.5. The maximum atomic E-state index is 12.5. The molecule has 0 saturated carbocycles. The molecular formula is C23H19N3O5. The van der Waals surface area contributed by atoms with Gasteiger partial charge in [-0.15, -0.1) is 0 Å². The van der Waals surface area contributed by atoms with Gasteiger partial charge in [0.15, 0.2) is 11.9 Å². The monoisotopic (exact) mass is 417 g/mol. The van der Waals surface area contributed by atoms with Crippen molar-refractivity contribution in [2.24, 2.45) is 0 Å². The normalized spacial score (nSPS) is 11.1. The van der Waals surface area contributed by atoms with Gasteiger partial charge in [0, 0.05) is 11.4 Å². The number of esters is 1. The van der Waals surface area contributed by atoms with Crippen molar-refractivity contribution in [2.75, 3.05) is 10.6 Å². The van der Waals surface area contributed by atoms with Gasteiger partial charge in [-0.3, -0.25) is 9.59 Å². The van der Waals surface area contributed by atoms with Gasteiger partial charge in [-0.05, 0) is 61.9 Å². The van der Waals surface area contributed by atoms with Crippen LogP contribution < -0.4 is 10.6 Å². The summed E-state index contributed by atoms with van der Waals surface area (Å²) in [6.45, 7) is 3.22. The minimum absolute atomic E-state index is 0.137. The van der Waals surface area contributed by atoms with Gasteiger partial charge in [0.2, 0.25) is 0 Å². The maximum absolute atomic E-state index is 12.5. The molecule has 0 aliphatic carbocycles. The minimum atomic E-state index is -1.08. The van der Waals surface area contributed by atoms with Gasteiger partial charge >= 0.3 is 5.97 Å².